The van der Waals surface area contributed by atoms with E-state index in [0.29, 0.717) is 6.54 Å². The molecule has 0 radical (unpaired) electrons. The molecule has 0 atom stereocenters. The Morgan fingerprint density at radius 1 is 1.16 bits per heavy atom. The van der Waals surface area contributed by atoms with Gasteiger partial charge in [-0.1, -0.05) is 35.9 Å². The zero-order chi connectivity index (χ0) is 17.9. The molecule has 0 saturated heterocycles. The van der Waals surface area contributed by atoms with E-state index in [2.05, 4.69) is 14.7 Å². The van der Waals surface area contributed by atoms with Gasteiger partial charge in [0.1, 0.15) is 4.90 Å². The van der Waals surface area contributed by atoms with Crippen molar-refractivity contribution in [3.05, 3.63) is 65.9 Å². The fraction of sp³-hybridized carbons (Fsp3) is 0.167. The molecule has 6 nitrogen and oxygen atoms in total. The minimum absolute atomic E-state index is 0.0143. The first-order valence-corrected chi connectivity index (χ1v) is 9.45. The molecule has 25 heavy (non-hydrogen) atoms. The maximum Gasteiger partial charge on any atom is 0.356 e. The Bertz CT molecular complexity index is 1000. The fourth-order valence-corrected chi connectivity index (χ4v) is 3.60. The van der Waals surface area contributed by atoms with E-state index in [4.69, 9.17) is 5.73 Å². The number of hydrogen-bond donors (Lipinski definition) is 4. The van der Waals surface area contributed by atoms with Gasteiger partial charge in [-0.3, -0.25) is 10.7 Å². The van der Waals surface area contributed by atoms with Crippen LogP contribution in [0.3, 0.4) is 0 Å². The molecular formula is C18H21N4O2S+. The maximum atomic E-state index is 12.3. The topological polar surface area (TPSA) is 102 Å². The number of benzene rings is 2. The Balaban J connectivity index is 1.64. The number of nitrogens with one attached hydrogen (secondary N) is 3. The number of fused-ring (bicyclic) bond motifs is 1. The van der Waals surface area contributed by atoms with Crippen molar-refractivity contribution in [3.63, 3.8) is 0 Å². The van der Waals surface area contributed by atoms with E-state index in [-0.39, 0.29) is 10.9 Å². The van der Waals surface area contributed by atoms with Crippen LogP contribution in [0.25, 0.3) is 10.9 Å². The second kappa shape index (κ2) is 6.98. The van der Waals surface area contributed by atoms with Gasteiger partial charge in [-0.15, -0.1) is 0 Å². The summed E-state index contributed by atoms with van der Waals surface area (Å²) in [6.45, 7) is 2.42. The number of guanidine groups is 1. The normalized spacial score (nSPS) is 12.4. The largest absolute Gasteiger partial charge is 0.361 e. The molecule has 3 aromatic rings. The summed E-state index contributed by atoms with van der Waals surface area (Å²) in [6, 6.07) is 14.6. The van der Waals surface area contributed by atoms with E-state index in [1.165, 1.54) is 0 Å². The molecule has 0 aliphatic carbocycles. The predicted octanol–water partition coefficient (Wildman–Crippen LogP) is 0.393. The third-order valence-corrected chi connectivity index (χ3v) is 5.34. The Labute approximate surface area is 146 Å². The summed E-state index contributed by atoms with van der Waals surface area (Å²) in [4.78, 5) is 6.31. The van der Waals surface area contributed by atoms with Crippen LogP contribution in [0, 0.1) is 6.92 Å². The molecule has 7 heteroatoms. The van der Waals surface area contributed by atoms with E-state index >= 15 is 0 Å². The monoisotopic (exact) mass is 357 g/mol. The molecule has 0 amide bonds. The third-order valence-electron chi connectivity index (χ3n) is 3.96. The van der Waals surface area contributed by atoms with Crippen LogP contribution in [0.1, 0.15) is 11.1 Å². The van der Waals surface area contributed by atoms with Gasteiger partial charge >= 0.3 is 16.0 Å². The van der Waals surface area contributed by atoms with Gasteiger partial charge < -0.3 is 4.98 Å². The molecule has 0 saturated carbocycles. The van der Waals surface area contributed by atoms with E-state index < -0.39 is 10.0 Å². The lowest BCUT2D eigenvalue weighted by Crippen LogP contribution is -2.79. The highest BCUT2D eigenvalue weighted by Crippen LogP contribution is 2.17. The molecule has 0 unspecified atom stereocenters. The van der Waals surface area contributed by atoms with Crippen molar-refractivity contribution < 1.29 is 13.4 Å². The highest BCUT2D eigenvalue weighted by molar-refractivity contribution is 7.90. The second-order valence-electron chi connectivity index (χ2n) is 5.87. The summed E-state index contributed by atoms with van der Waals surface area (Å²) < 4.78 is 26.9. The lowest BCUT2D eigenvalue weighted by molar-refractivity contribution is -0.458. The lowest BCUT2D eigenvalue weighted by atomic mass is 10.1. The van der Waals surface area contributed by atoms with Crippen molar-refractivity contribution in [2.45, 2.75) is 18.2 Å². The van der Waals surface area contributed by atoms with E-state index in [1.54, 1.807) is 24.3 Å². The number of rotatable bonds is 5. The summed E-state index contributed by atoms with van der Waals surface area (Å²) in [5, 5.41) is 1.16. The van der Waals surface area contributed by atoms with E-state index in [0.717, 1.165) is 28.5 Å². The van der Waals surface area contributed by atoms with Crippen molar-refractivity contribution >= 4 is 26.9 Å². The first-order valence-electron chi connectivity index (χ1n) is 7.96. The summed E-state index contributed by atoms with van der Waals surface area (Å²) in [7, 11) is -3.68. The number of para-hydroxylation sites is 1. The van der Waals surface area contributed by atoms with Crippen molar-refractivity contribution in [3.8, 4) is 0 Å². The lowest BCUT2D eigenvalue weighted by Gasteiger charge is -2.03. The minimum atomic E-state index is -3.68. The summed E-state index contributed by atoms with van der Waals surface area (Å²) in [6.07, 6.45) is 2.68. The highest BCUT2D eigenvalue weighted by Gasteiger charge is 2.19. The number of aromatic nitrogens is 1. The standard InChI is InChI=1S/C18H20N4O2S/c1-13-6-8-15(9-7-13)25(23,24)22-18(19)20-11-10-14-12-21-17-5-3-2-4-16(14)17/h2-9,12,21H,10-11H2,1H3,(H3,19,20,22)/p+1. The number of sulfonamides is 1. The zero-order valence-electron chi connectivity index (χ0n) is 13.9. The fourth-order valence-electron chi connectivity index (χ4n) is 2.63. The van der Waals surface area contributed by atoms with Gasteiger partial charge in [0.2, 0.25) is 0 Å². The average Bonchev–Trinajstić information content (AvgIpc) is 2.98. The van der Waals surface area contributed by atoms with Crippen LogP contribution >= 0.6 is 0 Å². The molecule has 0 aliphatic heterocycles. The van der Waals surface area contributed by atoms with Gasteiger partial charge in [-0.05, 0) is 30.7 Å². The molecule has 3 rings (SSSR count). The molecule has 0 fully saturated rings. The van der Waals surface area contributed by atoms with Crippen LogP contribution in [-0.4, -0.2) is 25.9 Å². The van der Waals surface area contributed by atoms with Crippen molar-refractivity contribution in [2.24, 2.45) is 5.73 Å². The minimum Gasteiger partial charge on any atom is -0.361 e. The first-order chi connectivity index (χ1) is 12.0. The van der Waals surface area contributed by atoms with E-state index in [9.17, 15) is 8.42 Å². The van der Waals surface area contributed by atoms with Crippen LogP contribution in [0.5, 0.6) is 0 Å². The van der Waals surface area contributed by atoms with Gasteiger partial charge in [0.05, 0.1) is 6.54 Å². The first kappa shape index (κ1) is 17.0. The van der Waals surface area contributed by atoms with Crippen molar-refractivity contribution in [2.75, 3.05) is 6.54 Å². The molecule has 1 heterocycles. The third kappa shape index (κ3) is 4.00. The van der Waals surface area contributed by atoms with Gasteiger partial charge in [-0.25, -0.2) is 0 Å². The van der Waals surface area contributed by atoms with Crippen molar-refractivity contribution in [1.29, 1.82) is 0 Å². The summed E-state index contributed by atoms with van der Waals surface area (Å²) in [5.74, 6) is 0.0143. The van der Waals surface area contributed by atoms with Crippen LogP contribution < -0.4 is 15.4 Å². The second-order valence-corrected chi connectivity index (χ2v) is 7.55. The molecule has 0 bridgehead atoms. The molecule has 0 aliphatic rings. The van der Waals surface area contributed by atoms with Crippen molar-refractivity contribution in [1.82, 2.24) is 9.71 Å². The molecule has 0 spiro atoms. The van der Waals surface area contributed by atoms with Gasteiger partial charge in [0.15, 0.2) is 0 Å². The Hall–Kier alpha value is -2.80. The molecule has 1 aromatic heterocycles. The van der Waals surface area contributed by atoms with Crippen LogP contribution in [0.15, 0.2) is 59.6 Å². The molecular weight excluding hydrogens is 336 g/mol. The number of aromatic amines is 1. The van der Waals surface area contributed by atoms with E-state index in [1.807, 2.05) is 37.4 Å². The number of aryl methyl sites for hydroxylation is 1. The highest BCUT2D eigenvalue weighted by atomic mass is 32.2. The van der Waals surface area contributed by atoms with Crippen LogP contribution in [-0.2, 0) is 16.4 Å². The number of H-pyrrole nitrogens is 1. The smallest absolute Gasteiger partial charge is 0.356 e. The Kier molecular flexibility index (Phi) is 4.76. The number of nitrogens with two attached hydrogens (primary N) is 1. The van der Waals surface area contributed by atoms with Crippen LogP contribution in [0.2, 0.25) is 0 Å². The zero-order valence-corrected chi connectivity index (χ0v) is 14.7. The van der Waals surface area contributed by atoms with Gasteiger partial charge in [0, 0.05) is 23.5 Å². The maximum absolute atomic E-state index is 12.3. The van der Waals surface area contributed by atoms with Gasteiger partial charge in [0.25, 0.3) is 0 Å². The molecule has 130 valence electrons. The summed E-state index contributed by atoms with van der Waals surface area (Å²) in [5.41, 5.74) is 9.01. The molecule has 2 aromatic carbocycles. The SMILES string of the molecule is Cc1ccc(S(=O)(=O)NC(N)=[NH+]CCc2c[nH]c3ccccc23)cc1. The quantitative estimate of drug-likeness (QED) is 0.392. The average molecular weight is 357 g/mol. The summed E-state index contributed by atoms with van der Waals surface area (Å²) >= 11 is 0. The Morgan fingerprint density at radius 2 is 1.88 bits per heavy atom. The Morgan fingerprint density at radius 3 is 2.64 bits per heavy atom. The van der Waals surface area contributed by atoms with Gasteiger partial charge in [-0.2, -0.15) is 13.1 Å². The molecule has 5 N–H and O–H groups in total. The predicted molar refractivity (Wildman–Crippen MR) is 98.5 cm³/mol. The number of hydrogen-bond acceptors (Lipinski definition) is 2. The van der Waals surface area contributed by atoms with Crippen LogP contribution in [0.4, 0.5) is 0 Å².